The van der Waals surface area contributed by atoms with Crippen molar-refractivity contribution in [1.82, 2.24) is 0 Å². The normalized spacial score (nSPS) is 11.1. The highest BCUT2D eigenvalue weighted by Gasteiger charge is 2.17. The van der Waals surface area contributed by atoms with E-state index in [1.54, 1.807) is 0 Å². The van der Waals surface area contributed by atoms with Crippen molar-refractivity contribution >= 4 is 50.3 Å². The number of carbonyl (C=O) groups is 1. The Labute approximate surface area is 147 Å². The van der Waals surface area contributed by atoms with Crippen LogP contribution < -0.4 is 5.32 Å². The summed E-state index contributed by atoms with van der Waals surface area (Å²) in [4.78, 5) is 22.3. The predicted molar refractivity (Wildman–Crippen MR) is 90.6 cm³/mol. The fraction of sp³-hybridized carbons (Fsp3) is 0.0714. The molecule has 0 aliphatic carbocycles. The number of hydrogen-bond donors (Lipinski definition) is 1. The fourth-order valence-electron chi connectivity index (χ4n) is 1.82. The summed E-state index contributed by atoms with van der Waals surface area (Å²) >= 11 is 11.8. The van der Waals surface area contributed by atoms with Gasteiger partial charge in [0, 0.05) is 18.4 Å². The molecule has 0 aliphatic heterocycles. The topological polar surface area (TPSA) is 106 Å². The molecule has 0 heterocycles. The van der Waals surface area contributed by atoms with Gasteiger partial charge in [0.2, 0.25) is 0 Å². The van der Waals surface area contributed by atoms with Gasteiger partial charge in [-0.15, -0.1) is 0 Å². The molecule has 7 nitrogen and oxygen atoms in total. The lowest BCUT2D eigenvalue weighted by Gasteiger charge is -2.10. The quantitative estimate of drug-likeness (QED) is 0.636. The van der Waals surface area contributed by atoms with Crippen LogP contribution in [0.3, 0.4) is 0 Å². The number of rotatable bonds is 4. The number of amides is 1. The van der Waals surface area contributed by atoms with Crippen LogP contribution in [-0.2, 0) is 9.84 Å². The molecule has 0 unspecified atom stereocenters. The van der Waals surface area contributed by atoms with Gasteiger partial charge in [0.25, 0.3) is 11.6 Å². The average molecular weight is 389 g/mol. The van der Waals surface area contributed by atoms with Gasteiger partial charge in [-0.3, -0.25) is 14.9 Å². The Morgan fingerprint density at radius 2 is 1.79 bits per heavy atom. The summed E-state index contributed by atoms with van der Waals surface area (Å²) in [6.45, 7) is 0. The van der Waals surface area contributed by atoms with E-state index in [1.165, 1.54) is 24.3 Å². The van der Waals surface area contributed by atoms with E-state index in [4.69, 9.17) is 23.2 Å². The van der Waals surface area contributed by atoms with Crippen molar-refractivity contribution in [2.75, 3.05) is 11.6 Å². The number of non-ortho nitro benzene ring substituents is 1. The smallest absolute Gasteiger partial charge is 0.270 e. The first kappa shape index (κ1) is 18.2. The third-order valence-corrected chi connectivity index (χ3v) is 4.77. The van der Waals surface area contributed by atoms with Crippen molar-refractivity contribution in [2.24, 2.45) is 0 Å². The first-order valence-corrected chi connectivity index (χ1v) is 8.99. The maximum atomic E-state index is 12.3. The fourth-order valence-corrected chi connectivity index (χ4v) is 2.89. The van der Waals surface area contributed by atoms with Gasteiger partial charge in [-0.2, -0.15) is 0 Å². The second kappa shape index (κ2) is 6.76. The number of nitrogens with one attached hydrogen (secondary N) is 1. The highest BCUT2D eigenvalue weighted by atomic mass is 35.5. The highest BCUT2D eigenvalue weighted by Crippen LogP contribution is 2.28. The van der Waals surface area contributed by atoms with Gasteiger partial charge in [-0.05, 0) is 24.3 Å². The minimum absolute atomic E-state index is 0.0110. The molecule has 0 fully saturated rings. The van der Waals surface area contributed by atoms with Crippen molar-refractivity contribution in [2.45, 2.75) is 4.90 Å². The number of nitrogens with zero attached hydrogens (tertiary/aromatic N) is 1. The summed E-state index contributed by atoms with van der Waals surface area (Å²) in [6.07, 6.45) is 1.02. The Kier molecular flexibility index (Phi) is 5.12. The second-order valence-electron chi connectivity index (χ2n) is 4.79. The molecule has 0 aliphatic rings. The van der Waals surface area contributed by atoms with Gasteiger partial charge in [-0.25, -0.2) is 8.42 Å². The number of anilines is 1. The molecule has 2 rings (SSSR count). The molecule has 0 bridgehead atoms. The van der Waals surface area contributed by atoms with Gasteiger partial charge < -0.3 is 5.32 Å². The number of nitro benzene ring substituents is 1. The first-order valence-electron chi connectivity index (χ1n) is 6.34. The molecular formula is C14H10Cl2N2O5S. The summed E-state index contributed by atoms with van der Waals surface area (Å²) in [5.41, 5.74) is -0.184. The number of halogens is 2. The lowest BCUT2D eigenvalue weighted by atomic mass is 10.2. The van der Waals surface area contributed by atoms with E-state index in [1.807, 2.05) is 0 Å². The van der Waals surface area contributed by atoms with E-state index >= 15 is 0 Å². The van der Waals surface area contributed by atoms with E-state index in [2.05, 4.69) is 5.32 Å². The van der Waals surface area contributed by atoms with E-state index in [0.717, 1.165) is 18.4 Å². The average Bonchev–Trinajstić information content (AvgIpc) is 2.47. The zero-order valence-corrected chi connectivity index (χ0v) is 14.4. The Morgan fingerprint density at radius 1 is 1.12 bits per heavy atom. The van der Waals surface area contributed by atoms with E-state index < -0.39 is 20.7 Å². The minimum atomic E-state index is -3.48. The molecule has 1 amide bonds. The molecule has 2 aromatic carbocycles. The molecule has 2 aromatic rings. The number of sulfone groups is 1. The third-order valence-electron chi connectivity index (χ3n) is 3.02. The Hall–Kier alpha value is -2.16. The van der Waals surface area contributed by atoms with Crippen LogP contribution in [0, 0.1) is 10.1 Å². The third kappa shape index (κ3) is 4.02. The van der Waals surface area contributed by atoms with E-state index in [9.17, 15) is 23.3 Å². The standard InChI is InChI=1S/C14H10Cl2N2O5S/c1-24(22,23)9-3-5-11(15)13(7-9)17-14(19)10-4-2-8(18(20)21)6-12(10)16/h2-7H,1H3,(H,17,19). The van der Waals surface area contributed by atoms with Crippen LogP contribution >= 0.6 is 23.2 Å². The highest BCUT2D eigenvalue weighted by molar-refractivity contribution is 7.90. The molecular weight excluding hydrogens is 379 g/mol. The monoisotopic (exact) mass is 388 g/mol. The molecule has 0 spiro atoms. The SMILES string of the molecule is CS(=O)(=O)c1ccc(Cl)c(NC(=O)c2ccc([N+](=O)[O-])cc2Cl)c1. The lowest BCUT2D eigenvalue weighted by Crippen LogP contribution is -2.13. The molecule has 10 heteroatoms. The van der Waals surface area contributed by atoms with E-state index in [-0.39, 0.29) is 31.9 Å². The summed E-state index contributed by atoms with van der Waals surface area (Å²) in [7, 11) is -3.48. The molecule has 126 valence electrons. The molecule has 0 atom stereocenters. The number of benzene rings is 2. The predicted octanol–water partition coefficient (Wildman–Crippen LogP) is 3.56. The van der Waals surface area contributed by atoms with Gasteiger partial charge >= 0.3 is 0 Å². The van der Waals surface area contributed by atoms with Crippen LogP contribution in [0.4, 0.5) is 11.4 Å². The van der Waals surface area contributed by atoms with Crippen LogP contribution in [0.15, 0.2) is 41.3 Å². The first-order chi connectivity index (χ1) is 11.1. The van der Waals surface area contributed by atoms with Crippen LogP contribution in [0.25, 0.3) is 0 Å². The van der Waals surface area contributed by atoms with Crippen molar-refractivity contribution < 1.29 is 18.1 Å². The Morgan fingerprint density at radius 3 is 2.33 bits per heavy atom. The Bertz CT molecular complexity index is 944. The lowest BCUT2D eigenvalue weighted by molar-refractivity contribution is -0.384. The largest absolute Gasteiger partial charge is 0.321 e. The van der Waals surface area contributed by atoms with Crippen LogP contribution in [0.1, 0.15) is 10.4 Å². The number of nitro groups is 1. The summed E-state index contributed by atoms with van der Waals surface area (Å²) < 4.78 is 23.1. The summed E-state index contributed by atoms with van der Waals surface area (Å²) in [5, 5.41) is 13.1. The number of carbonyl (C=O) groups excluding carboxylic acids is 1. The zero-order chi connectivity index (χ0) is 18.1. The van der Waals surface area contributed by atoms with Crippen molar-refractivity contribution in [1.29, 1.82) is 0 Å². The van der Waals surface area contributed by atoms with Crippen molar-refractivity contribution in [3.8, 4) is 0 Å². The zero-order valence-electron chi connectivity index (χ0n) is 12.1. The maximum absolute atomic E-state index is 12.3. The van der Waals surface area contributed by atoms with Crippen molar-refractivity contribution in [3.63, 3.8) is 0 Å². The maximum Gasteiger partial charge on any atom is 0.270 e. The minimum Gasteiger partial charge on any atom is -0.321 e. The van der Waals surface area contributed by atoms with Crippen LogP contribution in [0.5, 0.6) is 0 Å². The van der Waals surface area contributed by atoms with Gasteiger partial charge in [0.1, 0.15) is 0 Å². The van der Waals surface area contributed by atoms with Crippen LogP contribution in [-0.4, -0.2) is 25.5 Å². The van der Waals surface area contributed by atoms with Gasteiger partial charge in [0.05, 0.1) is 31.1 Å². The van der Waals surface area contributed by atoms with Gasteiger partial charge in [-0.1, -0.05) is 23.2 Å². The molecule has 0 saturated carbocycles. The molecule has 0 saturated heterocycles. The summed E-state index contributed by atoms with van der Waals surface area (Å²) in [5.74, 6) is -0.678. The molecule has 24 heavy (non-hydrogen) atoms. The Balaban J connectivity index is 2.35. The number of hydrogen-bond acceptors (Lipinski definition) is 5. The summed E-state index contributed by atoms with van der Waals surface area (Å²) in [6, 6.07) is 7.25. The molecule has 0 aromatic heterocycles. The second-order valence-corrected chi connectivity index (χ2v) is 7.62. The van der Waals surface area contributed by atoms with Crippen LogP contribution in [0.2, 0.25) is 10.0 Å². The van der Waals surface area contributed by atoms with E-state index in [0.29, 0.717) is 0 Å². The van der Waals surface area contributed by atoms with Gasteiger partial charge in [0.15, 0.2) is 9.84 Å². The molecule has 0 radical (unpaired) electrons. The molecule has 1 N–H and O–H groups in total. The van der Waals surface area contributed by atoms with Crippen molar-refractivity contribution in [3.05, 3.63) is 62.1 Å².